The number of aliphatic hydroxyl groups excluding tert-OH is 2. The Balaban J connectivity index is 0.000000151. The minimum atomic E-state index is 1.00. The molecule has 0 spiro atoms. The summed E-state index contributed by atoms with van der Waals surface area (Å²) in [5.41, 5.74) is 11.5. The van der Waals surface area contributed by atoms with E-state index in [4.69, 9.17) is 10.2 Å². The van der Waals surface area contributed by atoms with Crippen LogP contribution in [-0.4, -0.2) is 24.4 Å². The fraction of sp³-hybridized carbons (Fsp3) is 0.636. The topological polar surface area (TPSA) is 40.5 Å². The van der Waals surface area contributed by atoms with Crippen molar-refractivity contribution in [2.75, 3.05) is 14.2 Å². The minimum Gasteiger partial charge on any atom is -0.400 e. The van der Waals surface area contributed by atoms with Crippen molar-refractivity contribution in [3.63, 3.8) is 0 Å². The normalized spacial score (nSPS) is 30.6. The predicted octanol–water partition coefficient (Wildman–Crippen LogP) is 18.3. The van der Waals surface area contributed by atoms with Crippen LogP contribution in [0.5, 0.6) is 0 Å². The van der Waals surface area contributed by atoms with Gasteiger partial charge < -0.3 is 10.2 Å². The average Bonchev–Trinajstić information content (AvgIpc) is 4.25. The Morgan fingerprint density at radius 2 is 0.441 bits per heavy atom. The maximum absolute atomic E-state index is 7.00. The largest absolute Gasteiger partial charge is 0.400 e. The first kappa shape index (κ1) is 55.7. The number of hydrogen-bond donors (Lipinski definition) is 2. The van der Waals surface area contributed by atoms with Gasteiger partial charge in [-0.2, -0.15) is 0 Å². The highest BCUT2D eigenvalue weighted by Gasteiger charge is 2.50. The maximum Gasteiger partial charge on any atom is 0.0319 e. The van der Waals surface area contributed by atoms with Crippen LogP contribution in [0, 0.1) is 71.0 Å². The van der Waals surface area contributed by atoms with Gasteiger partial charge in [0.2, 0.25) is 0 Å². The van der Waals surface area contributed by atoms with Crippen molar-refractivity contribution in [3.8, 4) is 22.3 Å². The lowest BCUT2D eigenvalue weighted by molar-refractivity contribution is 0.259. The van der Waals surface area contributed by atoms with Crippen LogP contribution in [0.3, 0.4) is 0 Å². The van der Waals surface area contributed by atoms with E-state index in [0.717, 1.165) is 27.1 Å². The van der Waals surface area contributed by atoms with Crippen molar-refractivity contribution in [1.82, 2.24) is 0 Å². The van der Waals surface area contributed by atoms with Crippen LogP contribution < -0.4 is 0 Å². The van der Waals surface area contributed by atoms with Gasteiger partial charge >= 0.3 is 0 Å². The first-order valence-corrected chi connectivity index (χ1v) is 29.0. The first-order chi connectivity index (χ1) is 33.7. The number of hydrogen-bond acceptors (Lipinski definition) is 2. The molecule has 9 fully saturated rings. The lowest BCUT2D eigenvalue weighted by atomic mass is 9.82. The molecule has 376 valence electrons. The van der Waals surface area contributed by atoms with Crippen LogP contribution in [-0.2, 0) is 12.8 Å². The maximum atomic E-state index is 7.00. The highest BCUT2D eigenvalue weighted by atomic mass is 16.2. The van der Waals surface area contributed by atoms with E-state index in [-0.39, 0.29) is 0 Å². The van der Waals surface area contributed by atoms with Crippen LogP contribution in [0.4, 0.5) is 0 Å². The molecule has 2 nitrogen and oxygen atoms in total. The molecule has 0 saturated heterocycles. The molecule has 4 aromatic carbocycles. The lowest BCUT2D eigenvalue weighted by Gasteiger charge is -2.23. The highest BCUT2D eigenvalue weighted by Crippen LogP contribution is 2.60. The van der Waals surface area contributed by atoms with Crippen LogP contribution >= 0.6 is 0 Å². The van der Waals surface area contributed by atoms with Gasteiger partial charge in [0.15, 0.2) is 0 Å². The second-order valence-corrected chi connectivity index (χ2v) is 20.8. The Morgan fingerprint density at radius 3 is 0.632 bits per heavy atom. The van der Waals surface area contributed by atoms with Crippen molar-refractivity contribution < 1.29 is 10.2 Å². The van der Waals surface area contributed by atoms with Gasteiger partial charge in [0.05, 0.1) is 0 Å². The molecule has 11 aliphatic carbocycles. The van der Waals surface area contributed by atoms with Crippen molar-refractivity contribution in [3.05, 3.63) is 119 Å². The first-order valence-electron chi connectivity index (χ1n) is 29.0. The summed E-state index contributed by atoms with van der Waals surface area (Å²) in [7, 11) is 2.00. The van der Waals surface area contributed by atoms with Gasteiger partial charge in [0, 0.05) is 14.2 Å². The summed E-state index contributed by atoms with van der Waals surface area (Å²) in [6.45, 7) is 16.0. The average molecular weight is 926 g/mol. The van der Waals surface area contributed by atoms with E-state index >= 15 is 0 Å². The molecule has 2 heteroatoms. The molecule has 15 rings (SSSR count). The van der Waals surface area contributed by atoms with Crippen LogP contribution in [0.2, 0.25) is 0 Å². The molecular formula is C66H100O2. The lowest BCUT2D eigenvalue weighted by Crippen LogP contribution is -2.15. The van der Waals surface area contributed by atoms with Crippen molar-refractivity contribution >= 4 is 0 Å². The van der Waals surface area contributed by atoms with Gasteiger partial charge in [-0.1, -0.05) is 172 Å². The third-order valence-electron chi connectivity index (χ3n) is 18.5. The SMILES string of the molecule is C1CC2C3CCC(C3)C2C1.C1CC2C3CCC(C3)C2C1.C1CC2C3CCC(C3)C2C1.CC.CC.CC.CC.CO.CO.c1ccc2c(c1)Cc1ccccc1-2.c1ccc2c(c1)Cc1ccccc1-2. The van der Waals surface area contributed by atoms with Gasteiger partial charge in [-0.15, -0.1) is 0 Å². The summed E-state index contributed by atoms with van der Waals surface area (Å²) in [5.74, 6) is 14.4. The van der Waals surface area contributed by atoms with Crippen molar-refractivity contribution in [2.45, 2.75) is 184 Å². The number of aliphatic hydroxyl groups is 2. The summed E-state index contributed by atoms with van der Waals surface area (Å²) in [5, 5.41) is 14.0. The quantitative estimate of drug-likeness (QED) is 0.159. The second kappa shape index (κ2) is 29.2. The Bertz CT molecular complexity index is 1690. The smallest absolute Gasteiger partial charge is 0.0319 e. The summed E-state index contributed by atoms with van der Waals surface area (Å²) in [6, 6.07) is 34.6. The molecule has 12 atom stereocenters. The Hall–Kier alpha value is -3.20. The van der Waals surface area contributed by atoms with E-state index < -0.39 is 0 Å². The van der Waals surface area contributed by atoms with E-state index in [1.165, 1.54) is 116 Å². The van der Waals surface area contributed by atoms with Crippen LogP contribution in [0.25, 0.3) is 22.3 Å². The Kier molecular flexibility index (Phi) is 23.9. The van der Waals surface area contributed by atoms with E-state index in [0.29, 0.717) is 0 Å². The predicted molar refractivity (Wildman–Crippen MR) is 296 cm³/mol. The highest BCUT2D eigenvalue weighted by molar-refractivity contribution is 5.77. The molecule has 6 bridgehead atoms. The van der Waals surface area contributed by atoms with Gasteiger partial charge in [-0.3, -0.25) is 0 Å². The Labute approximate surface area is 419 Å². The molecule has 0 amide bonds. The molecule has 0 aromatic heterocycles. The Morgan fingerprint density at radius 1 is 0.265 bits per heavy atom. The van der Waals surface area contributed by atoms with Crippen LogP contribution in [0.15, 0.2) is 97.1 Å². The van der Waals surface area contributed by atoms with Crippen LogP contribution in [0.1, 0.15) is 193 Å². The summed E-state index contributed by atoms with van der Waals surface area (Å²) in [4.78, 5) is 0. The molecule has 2 N–H and O–H groups in total. The minimum absolute atomic E-state index is 1.00. The fourth-order valence-electron chi connectivity index (χ4n) is 16.2. The molecule has 9 saturated carbocycles. The monoisotopic (exact) mass is 925 g/mol. The second-order valence-electron chi connectivity index (χ2n) is 20.8. The molecular weight excluding hydrogens is 825 g/mol. The zero-order valence-corrected chi connectivity index (χ0v) is 45.2. The third kappa shape index (κ3) is 12.6. The van der Waals surface area contributed by atoms with Gasteiger partial charge in [0.25, 0.3) is 0 Å². The molecule has 12 unspecified atom stereocenters. The zero-order valence-electron chi connectivity index (χ0n) is 45.2. The number of benzene rings is 4. The van der Waals surface area contributed by atoms with Gasteiger partial charge in [0.1, 0.15) is 0 Å². The van der Waals surface area contributed by atoms with E-state index in [2.05, 4.69) is 97.1 Å². The molecule has 68 heavy (non-hydrogen) atoms. The zero-order chi connectivity index (χ0) is 49.0. The molecule has 0 radical (unpaired) electrons. The number of fused-ring (bicyclic) bond motifs is 21. The summed E-state index contributed by atoms with van der Waals surface area (Å²) < 4.78 is 0. The molecule has 4 aromatic rings. The van der Waals surface area contributed by atoms with E-state index in [9.17, 15) is 0 Å². The molecule has 0 heterocycles. The van der Waals surface area contributed by atoms with Crippen molar-refractivity contribution in [1.29, 1.82) is 0 Å². The van der Waals surface area contributed by atoms with Gasteiger partial charge in [-0.25, -0.2) is 0 Å². The van der Waals surface area contributed by atoms with Crippen molar-refractivity contribution in [2.24, 2.45) is 71.0 Å². The standard InChI is InChI=1S/2C13H10.3C10H16.4C2H6.2CH4O/c2*1-3-7-12-10(5-1)9-11-6-2-4-8-13(11)12;3*1-2-9-7-4-5-8(6-7)10(9)3-1;6*1-2/h2*1-8H,9H2;3*7-10H,1-6H2;4*1-2H3;2*2H,1H3. The third-order valence-corrected chi connectivity index (χ3v) is 18.5. The summed E-state index contributed by atoms with van der Waals surface area (Å²) in [6.07, 6.45) is 30.8. The summed E-state index contributed by atoms with van der Waals surface area (Å²) >= 11 is 0. The van der Waals surface area contributed by atoms with Gasteiger partial charge in [-0.05, 0) is 225 Å². The molecule has 11 aliphatic rings. The van der Waals surface area contributed by atoms with E-state index in [1.54, 1.807) is 116 Å². The van der Waals surface area contributed by atoms with E-state index in [1.807, 2.05) is 55.4 Å². The number of rotatable bonds is 0. The fourth-order valence-corrected chi connectivity index (χ4v) is 16.2. The molecule has 0 aliphatic heterocycles.